The number of carbonyl (C=O) groups excluding carboxylic acids is 2. The number of ether oxygens (including phenoxy) is 2. The van der Waals surface area contributed by atoms with Crippen LogP contribution < -0.4 is 20.1 Å². The van der Waals surface area contributed by atoms with Gasteiger partial charge in [0.05, 0.1) is 14.2 Å². The number of methoxy groups -OCH3 is 2. The molecule has 6 heteroatoms. The van der Waals surface area contributed by atoms with Gasteiger partial charge in [-0.15, -0.1) is 0 Å². The first-order chi connectivity index (χ1) is 13.8. The summed E-state index contributed by atoms with van der Waals surface area (Å²) >= 11 is 0. The third kappa shape index (κ3) is 6.24. The van der Waals surface area contributed by atoms with Gasteiger partial charge < -0.3 is 20.1 Å². The Morgan fingerprint density at radius 3 is 2.38 bits per heavy atom. The van der Waals surface area contributed by atoms with Gasteiger partial charge >= 0.3 is 0 Å². The van der Waals surface area contributed by atoms with Gasteiger partial charge in [-0.25, -0.2) is 0 Å². The van der Waals surface area contributed by atoms with Crippen LogP contribution in [0.3, 0.4) is 0 Å². The van der Waals surface area contributed by atoms with Gasteiger partial charge in [0.1, 0.15) is 17.5 Å². The first-order valence-electron chi connectivity index (χ1n) is 9.70. The second kappa shape index (κ2) is 10.5. The first kappa shape index (κ1) is 22.3. The normalized spacial score (nSPS) is 11.7. The molecule has 6 nitrogen and oxygen atoms in total. The largest absolute Gasteiger partial charge is 0.497 e. The summed E-state index contributed by atoms with van der Waals surface area (Å²) in [6, 6.07) is 12.2. The van der Waals surface area contributed by atoms with Crippen molar-refractivity contribution in [1.82, 2.24) is 10.6 Å². The summed E-state index contributed by atoms with van der Waals surface area (Å²) in [5.41, 5.74) is 2.28. The molecule has 1 atom stereocenters. The maximum atomic E-state index is 12.8. The third-order valence-electron chi connectivity index (χ3n) is 4.67. The standard InChI is InChI=1S/C23H30N2O4/c1-15(2)12-20(25-22(26)19-9-7-6-8-16(19)3)23(27)24-14-17-10-11-18(28-4)13-21(17)29-5/h6-11,13,15,20H,12,14H2,1-5H3,(H,24,27)(H,25,26). The average Bonchev–Trinajstić information content (AvgIpc) is 2.71. The van der Waals surface area contributed by atoms with Crippen molar-refractivity contribution in [3.05, 3.63) is 59.2 Å². The Morgan fingerprint density at radius 2 is 1.76 bits per heavy atom. The molecule has 2 aromatic rings. The summed E-state index contributed by atoms with van der Waals surface area (Å²) in [7, 11) is 3.16. The van der Waals surface area contributed by atoms with Crippen molar-refractivity contribution in [3.63, 3.8) is 0 Å². The summed E-state index contributed by atoms with van der Waals surface area (Å²) in [6.07, 6.45) is 0.545. The van der Waals surface area contributed by atoms with Crippen LogP contribution in [0.15, 0.2) is 42.5 Å². The van der Waals surface area contributed by atoms with Crippen LogP contribution >= 0.6 is 0 Å². The first-order valence-corrected chi connectivity index (χ1v) is 9.70. The summed E-state index contributed by atoms with van der Waals surface area (Å²) in [4.78, 5) is 25.5. The maximum absolute atomic E-state index is 12.8. The lowest BCUT2D eigenvalue weighted by Gasteiger charge is -2.21. The molecule has 1 unspecified atom stereocenters. The van der Waals surface area contributed by atoms with Crippen molar-refractivity contribution in [3.8, 4) is 11.5 Å². The highest BCUT2D eigenvalue weighted by molar-refractivity contribution is 5.98. The van der Waals surface area contributed by atoms with Crippen molar-refractivity contribution >= 4 is 11.8 Å². The molecular formula is C23H30N2O4. The van der Waals surface area contributed by atoms with Crippen LogP contribution in [0.1, 0.15) is 41.8 Å². The number of aryl methyl sites for hydroxylation is 1. The fourth-order valence-corrected chi connectivity index (χ4v) is 3.07. The van der Waals surface area contributed by atoms with Gasteiger partial charge in [0.2, 0.25) is 5.91 Å². The Bertz CT molecular complexity index is 849. The van der Waals surface area contributed by atoms with E-state index in [2.05, 4.69) is 10.6 Å². The lowest BCUT2D eigenvalue weighted by molar-refractivity contribution is -0.123. The number of amides is 2. The SMILES string of the molecule is COc1ccc(CNC(=O)C(CC(C)C)NC(=O)c2ccccc2C)c(OC)c1. The molecule has 156 valence electrons. The molecule has 2 aromatic carbocycles. The van der Waals surface area contributed by atoms with E-state index in [0.29, 0.717) is 30.0 Å². The molecule has 2 N–H and O–H groups in total. The zero-order valence-corrected chi connectivity index (χ0v) is 17.7. The van der Waals surface area contributed by atoms with Crippen LogP contribution in [-0.2, 0) is 11.3 Å². The minimum absolute atomic E-state index is 0.224. The summed E-state index contributed by atoms with van der Waals surface area (Å²) < 4.78 is 10.6. The molecular weight excluding hydrogens is 368 g/mol. The van der Waals surface area contributed by atoms with Gasteiger partial charge in [0.15, 0.2) is 0 Å². The molecule has 0 heterocycles. The number of hydrogen-bond donors (Lipinski definition) is 2. The molecule has 0 saturated carbocycles. The van der Waals surface area contributed by atoms with E-state index >= 15 is 0 Å². The second-order valence-corrected chi connectivity index (χ2v) is 7.37. The van der Waals surface area contributed by atoms with Gasteiger partial charge in [0, 0.05) is 23.7 Å². The topological polar surface area (TPSA) is 76.7 Å². The molecule has 29 heavy (non-hydrogen) atoms. The minimum atomic E-state index is -0.619. The molecule has 0 bridgehead atoms. The van der Waals surface area contributed by atoms with Gasteiger partial charge in [-0.2, -0.15) is 0 Å². The Kier molecular flexibility index (Phi) is 8.07. The maximum Gasteiger partial charge on any atom is 0.252 e. The van der Waals surface area contributed by atoms with Gasteiger partial charge in [-0.1, -0.05) is 32.0 Å². The zero-order valence-electron chi connectivity index (χ0n) is 17.7. The molecule has 2 rings (SSSR count). The lowest BCUT2D eigenvalue weighted by Crippen LogP contribution is -2.47. The third-order valence-corrected chi connectivity index (χ3v) is 4.67. The Balaban J connectivity index is 2.09. The number of hydrogen-bond acceptors (Lipinski definition) is 4. The highest BCUT2D eigenvalue weighted by Gasteiger charge is 2.23. The average molecular weight is 399 g/mol. The van der Waals surface area contributed by atoms with Gasteiger partial charge in [-0.3, -0.25) is 9.59 Å². The van der Waals surface area contributed by atoms with E-state index in [0.717, 1.165) is 11.1 Å². The van der Waals surface area contributed by atoms with Crippen molar-refractivity contribution in [1.29, 1.82) is 0 Å². The quantitative estimate of drug-likeness (QED) is 0.678. The highest BCUT2D eigenvalue weighted by Crippen LogP contribution is 2.24. The summed E-state index contributed by atoms with van der Waals surface area (Å²) in [5, 5.41) is 5.80. The molecule has 0 aromatic heterocycles. The Labute approximate surface area is 172 Å². The monoisotopic (exact) mass is 398 g/mol. The number of carbonyl (C=O) groups is 2. The Morgan fingerprint density at radius 1 is 1.03 bits per heavy atom. The van der Waals surface area contributed by atoms with E-state index in [-0.39, 0.29) is 17.7 Å². The summed E-state index contributed by atoms with van der Waals surface area (Å²) in [6.45, 7) is 6.21. The summed E-state index contributed by atoms with van der Waals surface area (Å²) in [5.74, 6) is 1.09. The van der Waals surface area contributed by atoms with E-state index in [9.17, 15) is 9.59 Å². The van der Waals surface area contributed by atoms with Crippen LogP contribution in [0.4, 0.5) is 0 Å². The molecule has 0 aliphatic rings. The van der Waals surface area contributed by atoms with Crippen LogP contribution in [0.5, 0.6) is 11.5 Å². The van der Waals surface area contributed by atoms with E-state index in [4.69, 9.17) is 9.47 Å². The van der Waals surface area contributed by atoms with Crippen LogP contribution in [0.2, 0.25) is 0 Å². The van der Waals surface area contributed by atoms with E-state index < -0.39 is 6.04 Å². The molecule has 0 fully saturated rings. The molecule has 0 spiro atoms. The fraction of sp³-hybridized carbons (Fsp3) is 0.391. The van der Waals surface area contributed by atoms with Crippen molar-refractivity contribution < 1.29 is 19.1 Å². The van der Waals surface area contributed by atoms with E-state index in [1.807, 2.05) is 51.1 Å². The molecule has 0 aliphatic carbocycles. The smallest absolute Gasteiger partial charge is 0.252 e. The van der Waals surface area contributed by atoms with Crippen molar-refractivity contribution in [2.75, 3.05) is 14.2 Å². The second-order valence-electron chi connectivity index (χ2n) is 7.37. The highest BCUT2D eigenvalue weighted by atomic mass is 16.5. The number of nitrogens with one attached hydrogen (secondary N) is 2. The predicted molar refractivity (Wildman–Crippen MR) is 113 cm³/mol. The van der Waals surface area contributed by atoms with Crippen LogP contribution in [-0.4, -0.2) is 32.1 Å². The number of benzene rings is 2. The lowest BCUT2D eigenvalue weighted by atomic mass is 10.0. The van der Waals surface area contributed by atoms with E-state index in [1.165, 1.54) is 0 Å². The molecule has 0 saturated heterocycles. The van der Waals surface area contributed by atoms with Crippen molar-refractivity contribution in [2.45, 2.75) is 39.8 Å². The van der Waals surface area contributed by atoms with Crippen LogP contribution in [0, 0.1) is 12.8 Å². The number of rotatable bonds is 9. The molecule has 0 radical (unpaired) electrons. The van der Waals surface area contributed by atoms with E-state index in [1.54, 1.807) is 26.4 Å². The Hall–Kier alpha value is -3.02. The van der Waals surface area contributed by atoms with Gasteiger partial charge in [-0.05, 0) is 43.0 Å². The zero-order chi connectivity index (χ0) is 21.4. The fourth-order valence-electron chi connectivity index (χ4n) is 3.07. The predicted octanol–water partition coefficient (Wildman–Crippen LogP) is 3.47. The molecule has 2 amide bonds. The molecule has 0 aliphatic heterocycles. The van der Waals surface area contributed by atoms with Gasteiger partial charge in [0.25, 0.3) is 5.91 Å². The minimum Gasteiger partial charge on any atom is -0.497 e. The van der Waals surface area contributed by atoms with Crippen LogP contribution in [0.25, 0.3) is 0 Å². The van der Waals surface area contributed by atoms with Crippen molar-refractivity contribution in [2.24, 2.45) is 5.92 Å².